The van der Waals surface area contributed by atoms with Crippen molar-refractivity contribution in [1.29, 1.82) is 0 Å². The number of rotatable bonds is 1. The zero-order chi connectivity index (χ0) is 10.9. The highest BCUT2D eigenvalue weighted by Crippen LogP contribution is 2.31. The first-order valence-corrected chi connectivity index (χ1v) is 5.95. The standard InChI is InChI=1S/C14H21N/c1-11-6-8-13(9-7-11)14(3)10-4-5-12(2)15-14/h6-9,12,15H,4-5,10H2,1-3H3. The molecule has 0 amide bonds. The summed E-state index contributed by atoms with van der Waals surface area (Å²) in [5.41, 5.74) is 2.96. The Hall–Kier alpha value is -0.820. The summed E-state index contributed by atoms with van der Waals surface area (Å²) in [5, 5.41) is 3.73. The molecular formula is C14H21N. The van der Waals surface area contributed by atoms with E-state index >= 15 is 0 Å². The molecule has 2 unspecified atom stereocenters. The summed E-state index contributed by atoms with van der Waals surface area (Å²) in [6, 6.07) is 9.59. The van der Waals surface area contributed by atoms with Crippen molar-refractivity contribution in [3.8, 4) is 0 Å². The summed E-state index contributed by atoms with van der Waals surface area (Å²) >= 11 is 0. The zero-order valence-electron chi connectivity index (χ0n) is 10.0. The maximum absolute atomic E-state index is 3.73. The largest absolute Gasteiger partial charge is 0.305 e. The Bertz CT molecular complexity index is 328. The van der Waals surface area contributed by atoms with E-state index < -0.39 is 0 Å². The van der Waals surface area contributed by atoms with Crippen molar-refractivity contribution >= 4 is 0 Å². The van der Waals surface area contributed by atoms with Gasteiger partial charge in [-0.2, -0.15) is 0 Å². The monoisotopic (exact) mass is 203 g/mol. The van der Waals surface area contributed by atoms with Gasteiger partial charge in [0.2, 0.25) is 0 Å². The number of piperidine rings is 1. The van der Waals surface area contributed by atoms with Crippen molar-refractivity contribution in [3.63, 3.8) is 0 Å². The van der Waals surface area contributed by atoms with Gasteiger partial charge >= 0.3 is 0 Å². The Morgan fingerprint density at radius 2 is 1.93 bits per heavy atom. The van der Waals surface area contributed by atoms with E-state index in [1.54, 1.807) is 0 Å². The first-order valence-electron chi connectivity index (χ1n) is 5.95. The summed E-state index contributed by atoms with van der Waals surface area (Å²) in [5.74, 6) is 0. The van der Waals surface area contributed by atoms with Gasteiger partial charge < -0.3 is 5.32 Å². The summed E-state index contributed by atoms with van der Waals surface area (Å²) in [7, 11) is 0. The molecule has 1 aromatic carbocycles. The van der Waals surface area contributed by atoms with Crippen molar-refractivity contribution in [2.45, 2.75) is 51.6 Å². The van der Waals surface area contributed by atoms with Gasteiger partial charge in [-0.15, -0.1) is 0 Å². The fourth-order valence-corrected chi connectivity index (χ4v) is 2.60. The molecule has 0 radical (unpaired) electrons. The van der Waals surface area contributed by atoms with Gasteiger partial charge in [-0.25, -0.2) is 0 Å². The highest BCUT2D eigenvalue weighted by Gasteiger charge is 2.30. The van der Waals surface area contributed by atoms with Crippen LogP contribution in [-0.4, -0.2) is 6.04 Å². The number of hydrogen-bond donors (Lipinski definition) is 1. The summed E-state index contributed by atoms with van der Waals surface area (Å²) in [6.45, 7) is 6.75. The Kier molecular flexibility index (Phi) is 2.83. The molecule has 1 N–H and O–H groups in total. The van der Waals surface area contributed by atoms with E-state index in [-0.39, 0.29) is 5.54 Å². The van der Waals surface area contributed by atoms with Crippen LogP contribution in [0, 0.1) is 6.92 Å². The van der Waals surface area contributed by atoms with Gasteiger partial charge in [-0.1, -0.05) is 29.8 Å². The maximum atomic E-state index is 3.73. The van der Waals surface area contributed by atoms with Gasteiger partial charge in [0, 0.05) is 11.6 Å². The van der Waals surface area contributed by atoms with Gasteiger partial charge in [-0.3, -0.25) is 0 Å². The minimum absolute atomic E-state index is 0.186. The van der Waals surface area contributed by atoms with Crippen LogP contribution in [0.3, 0.4) is 0 Å². The summed E-state index contributed by atoms with van der Waals surface area (Å²) in [4.78, 5) is 0. The van der Waals surface area contributed by atoms with Gasteiger partial charge in [0.1, 0.15) is 0 Å². The Balaban J connectivity index is 2.24. The predicted molar refractivity (Wildman–Crippen MR) is 65.0 cm³/mol. The van der Waals surface area contributed by atoms with E-state index in [0.717, 1.165) is 0 Å². The molecule has 15 heavy (non-hydrogen) atoms. The lowest BCUT2D eigenvalue weighted by Crippen LogP contribution is -2.48. The molecular weight excluding hydrogens is 182 g/mol. The van der Waals surface area contributed by atoms with E-state index in [1.807, 2.05) is 0 Å². The Morgan fingerprint density at radius 3 is 2.53 bits per heavy atom. The first-order chi connectivity index (χ1) is 7.10. The van der Waals surface area contributed by atoms with Crippen molar-refractivity contribution in [2.24, 2.45) is 0 Å². The third kappa shape index (κ3) is 2.23. The van der Waals surface area contributed by atoms with Crippen LogP contribution in [0.5, 0.6) is 0 Å². The molecule has 0 aliphatic carbocycles. The second-order valence-electron chi connectivity index (χ2n) is 5.14. The van der Waals surface area contributed by atoms with Crippen LogP contribution in [0.4, 0.5) is 0 Å². The molecule has 1 fully saturated rings. The molecule has 2 atom stereocenters. The van der Waals surface area contributed by atoms with Crippen molar-refractivity contribution in [1.82, 2.24) is 5.32 Å². The lowest BCUT2D eigenvalue weighted by Gasteiger charge is -2.39. The molecule has 2 rings (SSSR count). The second kappa shape index (κ2) is 3.97. The van der Waals surface area contributed by atoms with E-state index in [0.29, 0.717) is 6.04 Å². The molecule has 1 saturated heterocycles. The van der Waals surface area contributed by atoms with E-state index in [1.165, 1.54) is 30.4 Å². The van der Waals surface area contributed by atoms with Gasteiger partial charge in [0.25, 0.3) is 0 Å². The van der Waals surface area contributed by atoms with E-state index in [4.69, 9.17) is 0 Å². The van der Waals surface area contributed by atoms with Crippen LogP contribution in [0.15, 0.2) is 24.3 Å². The molecule has 0 spiro atoms. The zero-order valence-corrected chi connectivity index (χ0v) is 10.0. The van der Waals surface area contributed by atoms with Crippen LogP contribution in [0.25, 0.3) is 0 Å². The molecule has 1 heteroatoms. The molecule has 82 valence electrons. The van der Waals surface area contributed by atoms with E-state index in [9.17, 15) is 0 Å². The molecule has 1 nitrogen and oxygen atoms in total. The summed E-state index contributed by atoms with van der Waals surface area (Å²) in [6.07, 6.45) is 3.89. The number of aryl methyl sites for hydroxylation is 1. The lowest BCUT2D eigenvalue weighted by atomic mass is 9.82. The molecule has 1 heterocycles. The molecule has 1 aliphatic rings. The topological polar surface area (TPSA) is 12.0 Å². The average Bonchev–Trinajstić information content (AvgIpc) is 2.18. The SMILES string of the molecule is Cc1ccc(C2(C)CCCC(C)N2)cc1. The Labute approximate surface area is 92.9 Å². The predicted octanol–water partition coefficient (Wildman–Crippen LogP) is 3.37. The molecule has 0 aromatic heterocycles. The molecule has 0 bridgehead atoms. The van der Waals surface area contributed by atoms with Gasteiger partial charge in [0.05, 0.1) is 0 Å². The third-order valence-electron chi connectivity index (χ3n) is 3.57. The molecule has 1 aromatic rings. The fourth-order valence-electron chi connectivity index (χ4n) is 2.60. The minimum atomic E-state index is 0.186. The molecule has 0 saturated carbocycles. The quantitative estimate of drug-likeness (QED) is 0.738. The fraction of sp³-hybridized carbons (Fsp3) is 0.571. The molecule has 1 aliphatic heterocycles. The third-order valence-corrected chi connectivity index (χ3v) is 3.57. The first kappa shape index (κ1) is 10.7. The normalized spacial score (nSPS) is 31.5. The van der Waals surface area contributed by atoms with Crippen LogP contribution >= 0.6 is 0 Å². The summed E-state index contributed by atoms with van der Waals surface area (Å²) < 4.78 is 0. The number of benzene rings is 1. The highest BCUT2D eigenvalue weighted by atomic mass is 15.0. The lowest BCUT2D eigenvalue weighted by molar-refractivity contribution is 0.236. The minimum Gasteiger partial charge on any atom is -0.305 e. The van der Waals surface area contributed by atoms with Crippen molar-refractivity contribution in [2.75, 3.05) is 0 Å². The van der Waals surface area contributed by atoms with Crippen molar-refractivity contribution < 1.29 is 0 Å². The van der Waals surface area contributed by atoms with Crippen molar-refractivity contribution in [3.05, 3.63) is 35.4 Å². The average molecular weight is 203 g/mol. The van der Waals surface area contributed by atoms with Gasteiger partial charge in [0.15, 0.2) is 0 Å². The van der Waals surface area contributed by atoms with Crippen LogP contribution < -0.4 is 5.32 Å². The number of hydrogen-bond acceptors (Lipinski definition) is 1. The van der Waals surface area contributed by atoms with Crippen LogP contribution in [0.2, 0.25) is 0 Å². The van der Waals surface area contributed by atoms with E-state index in [2.05, 4.69) is 50.4 Å². The number of nitrogens with one attached hydrogen (secondary N) is 1. The highest BCUT2D eigenvalue weighted by molar-refractivity contribution is 5.28. The second-order valence-corrected chi connectivity index (χ2v) is 5.14. The van der Waals surface area contributed by atoms with Crippen LogP contribution in [-0.2, 0) is 5.54 Å². The maximum Gasteiger partial charge on any atom is 0.0408 e. The Morgan fingerprint density at radius 1 is 1.27 bits per heavy atom. The smallest absolute Gasteiger partial charge is 0.0408 e. The van der Waals surface area contributed by atoms with Gasteiger partial charge in [-0.05, 0) is 45.6 Å². The van der Waals surface area contributed by atoms with Crippen LogP contribution in [0.1, 0.15) is 44.2 Å².